The third kappa shape index (κ3) is 3.66. The Balaban J connectivity index is 1.34. The van der Waals surface area contributed by atoms with Crippen molar-refractivity contribution in [1.82, 2.24) is 14.8 Å². The quantitative estimate of drug-likeness (QED) is 0.843. The first-order chi connectivity index (χ1) is 12.2. The number of aromatic nitrogens is 1. The number of carbonyl (C=O) groups is 1. The van der Waals surface area contributed by atoms with Gasteiger partial charge in [0, 0.05) is 25.2 Å². The monoisotopic (exact) mass is 343 g/mol. The van der Waals surface area contributed by atoms with Gasteiger partial charge in [0.2, 0.25) is 5.91 Å². The molecule has 4 rings (SSSR count). The molecule has 0 N–H and O–H groups in total. The normalized spacial score (nSPS) is 29.6. The van der Waals surface area contributed by atoms with Crippen molar-refractivity contribution in [3.8, 4) is 5.75 Å². The van der Waals surface area contributed by atoms with Crippen LogP contribution < -0.4 is 4.74 Å². The van der Waals surface area contributed by atoms with Crippen LogP contribution in [-0.4, -0.2) is 59.5 Å². The Morgan fingerprint density at radius 3 is 2.88 bits per heavy atom. The summed E-state index contributed by atoms with van der Waals surface area (Å²) in [6.45, 7) is 6.54. The number of hydrogen-bond acceptors (Lipinski definition) is 4. The minimum absolute atomic E-state index is 0.223. The van der Waals surface area contributed by atoms with Crippen molar-refractivity contribution < 1.29 is 9.53 Å². The Labute approximate surface area is 150 Å². The van der Waals surface area contributed by atoms with E-state index in [1.807, 2.05) is 19.1 Å². The van der Waals surface area contributed by atoms with Gasteiger partial charge < -0.3 is 9.64 Å². The number of pyridine rings is 1. The van der Waals surface area contributed by atoms with E-state index in [4.69, 9.17) is 4.74 Å². The molecule has 1 amide bonds. The molecule has 0 spiro atoms. The predicted octanol–water partition coefficient (Wildman–Crippen LogP) is 2.49. The first kappa shape index (κ1) is 16.8. The number of rotatable bonds is 4. The van der Waals surface area contributed by atoms with E-state index in [0.29, 0.717) is 24.3 Å². The van der Waals surface area contributed by atoms with Crippen LogP contribution in [0.1, 0.15) is 37.8 Å². The van der Waals surface area contributed by atoms with Gasteiger partial charge in [0.15, 0.2) is 0 Å². The molecule has 2 saturated heterocycles. The number of likely N-dealkylation sites (tertiary alicyclic amines) is 2. The minimum Gasteiger partial charge on any atom is -0.488 e. The number of nitrogens with zero attached hydrogens (tertiary/aromatic N) is 3. The number of piperidine rings is 1. The summed E-state index contributed by atoms with van der Waals surface area (Å²) in [5.74, 6) is 2.29. The molecular weight excluding hydrogens is 314 g/mol. The Bertz CT molecular complexity index is 615. The van der Waals surface area contributed by atoms with Gasteiger partial charge in [-0.3, -0.25) is 14.7 Å². The average molecular weight is 343 g/mol. The van der Waals surface area contributed by atoms with Gasteiger partial charge in [-0.15, -0.1) is 0 Å². The van der Waals surface area contributed by atoms with Crippen molar-refractivity contribution in [2.45, 2.75) is 45.1 Å². The van der Waals surface area contributed by atoms with Crippen molar-refractivity contribution in [2.75, 3.05) is 32.7 Å². The van der Waals surface area contributed by atoms with Gasteiger partial charge in [-0.25, -0.2) is 0 Å². The van der Waals surface area contributed by atoms with E-state index in [2.05, 4.69) is 14.8 Å². The molecule has 3 fully saturated rings. The summed E-state index contributed by atoms with van der Waals surface area (Å²) >= 11 is 0. The van der Waals surface area contributed by atoms with E-state index in [9.17, 15) is 4.79 Å². The molecule has 0 bridgehead atoms. The van der Waals surface area contributed by atoms with Crippen molar-refractivity contribution in [3.63, 3.8) is 0 Å². The third-order valence-electron chi connectivity index (χ3n) is 6.19. The first-order valence-electron chi connectivity index (χ1n) is 9.79. The van der Waals surface area contributed by atoms with Crippen LogP contribution in [0.3, 0.4) is 0 Å². The first-order valence-corrected chi connectivity index (χ1v) is 9.79. The summed E-state index contributed by atoms with van der Waals surface area (Å²) in [7, 11) is 0. The fourth-order valence-corrected chi connectivity index (χ4v) is 4.73. The number of ether oxygens (including phenoxy) is 1. The lowest BCUT2D eigenvalue weighted by atomic mass is 9.99. The van der Waals surface area contributed by atoms with Gasteiger partial charge in [0.25, 0.3) is 0 Å². The molecule has 1 aromatic rings. The molecule has 5 nitrogen and oxygen atoms in total. The van der Waals surface area contributed by atoms with Gasteiger partial charge >= 0.3 is 0 Å². The van der Waals surface area contributed by atoms with Crippen LogP contribution in [0.15, 0.2) is 18.3 Å². The minimum atomic E-state index is 0.223. The molecule has 1 saturated carbocycles. The second kappa shape index (κ2) is 7.32. The van der Waals surface area contributed by atoms with E-state index in [0.717, 1.165) is 44.0 Å². The molecule has 3 heterocycles. The molecule has 0 radical (unpaired) electrons. The summed E-state index contributed by atoms with van der Waals surface area (Å²) in [6.07, 6.45) is 8.07. The zero-order chi connectivity index (χ0) is 17.2. The maximum absolute atomic E-state index is 12.7. The molecule has 25 heavy (non-hydrogen) atoms. The Kier molecular flexibility index (Phi) is 4.93. The average Bonchev–Trinajstić information content (AvgIpc) is 3.20. The Morgan fingerprint density at radius 2 is 2.08 bits per heavy atom. The van der Waals surface area contributed by atoms with Crippen LogP contribution in [0.2, 0.25) is 0 Å². The topological polar surface area (TPSA) is 45.7 Å². The van der Waals surface area contributed by atoms with E-state index in [1.165, 1.54) is 25.7 Å². The van der Waals surface area contributed by atoms with Crippen molar-refractivity contribution in [1.29, 1.82) is 0 Å². The summed E-state index contributed by atoms with van der Waals surface area (Å²) in [4.78, 5) is 21.4. The fourth-order valence-electron chi connectivity index (χ4n) is 4.73. The second-order valence-electron chi connectivity index (χ2n) is 7.88. The summed E-state index contributed by atoms with van der Waals surface area (Å²) in [5.41, 5.74) is 0.946. The smallest absolute Gasteiger partial charge is 0.236 e. The molecule has 1 aromatic heterocycles. The van der Waals surface area contributed by atoms with E-state index >= 15 is 0 Å². The lowest BCUT2D eigenvalue weighted by molar-refractivity contribution is -0.132. The standard InChI is InChI=1S/C20H29N3O2/c1-15-18(6-5-9-21-15)25-19-8-7-16-12-23(13-17(16)19)20(24)14-22-10-3-2-4-11-22/h5-6,9,16-17,19H,2-4,7-8,10-14H2,1H3/t16-,17+,19-/m1/s1. The molecule has 0 unspecified atom stereocenters. The maximum atomic E-state index is 12.7. The van der Waals surface area contributed by atoms with E-state index in [1.54, 1.807) is 6.20 Å². The molecule has 2 aliphatic heterocycles. The SMILES string of the molecule is Cc1ncccc1O[C@@H]1CC[C@@H]2CN(C(=O)CN3CCCCC3)C[C@@H]21. The third-order valence-corrected chi connectivity index (χ3v) is 6.19. The van der Waals surface area contributed by atoms with Crippen LogP contribution >= 0.6 is 0 Å². The van der Waals surface area contributed by atoms with Gasteiger partial charge in [-0.1, -0.05) is 6.42 Å². The lowest BCUT2D eigenvalue weighted by Crippen LogP contribution is -2.42. The highest BCUT2D eigenvalue weighted by molar-refractivity contribution is 5.78. The van der Waals surface area contributed by atoms with Crippen LogP contribution in [0, 0.1) is 18.8 Å². The zero-order valence-corrected chi connectivity index (χ0v) is 15.2. The summed E-state index contributed by atoms with van der Waals surface area (Å²) < 4.78 is 6.29. The van der Waals surface area contributed by atoms with Crippen LogP contribution in [0.25, 0.3) is 0 Å². The molecular formula is C20H29N3O2. The van der Waals surface area contributed by atoms with Crippen LogP contribution in [0.4, 0.5) is 0 Å². The lowest BCUT2D eigenvalue weighted by Gasteiger charge is -2.28. The zero-order valence-electron chi connectivity index (χ0n) is 15.2. The summed E-state index contributed by atoms with van der Waals surface area (Å²) in [6, 6.07) is 3.93. The van der Waals surface area contributed by atoms with Crippen molar-refractivity contribution in [3.05, 3.63) is 24.0 Å². The van der Waals surface area contributed by atoms with Crippen LogP contribution in [0.5, 0.6) is 5.75 Å². The molecule has 1 aliphatic carbocycles. The van der Waals surface area contributed by atoms with Gasteiger partial charge in [-0.05, 0) is 63.7 Å². The highest BCUT2D eigenvalue weighted by Gasteiger charge is 2.45. The number of fused-ring (bicyclic) bond motifs is 1. The molecule has 3 aliphatic rings. The van der Waals surface area contributed by atoms with E-state index < -0.39 is 0 Å². The highest BCUT2D eigenvalue weighted by atomic mass is 16.5. The largest absolute Gasteiger partial charge is 0.488 e. The molecule has 0 aromatic carbocycles. The Hall–Kier alpha value is -1.62. The summed E-state index contributed by atoms with van der Waals surface area (Å²) in [5, 5.41) is 0. The number of hydrogen-bond donors (Lipinski definition) is 0. The molecule has 3 atom stereocenters. The Morgan fingerprint density at radius 1 is 1.24 bits per heavy atom. The maximum Gasteiger partial charge on any atom is 0.236 e. The number of aryl methyl sites for hydroxylation is 1. The second-order valence-corrected chi connectivity index (χ2v) is 7.88. The molecule has 5 heteroatoms. The number of carbonyl (C=O) groups excluding carboxylic acids is 1. The highest BCUT2D eigenvalue weighted by Crippen LogP contribution is 2.40. The molecule has 136 valence electrons. The predicted molar refractivity (Wildman–Crippen MR) is 96.5 cm³/mol. The van der Waals surface area contributed by atoms with Gasteiger partial charge in [-0.2, -0.15) is 0 Å². The van der Waals surface area contributed by atoms with Crippen molar-refractivity contribution in [2.24, 2.45) is 11.8 Å². The van der Waals surface area contributed by atoms with Crippen LogP contribution in [-0.2, 0) is 4.79 Å². The van der Waals surface area contributed by atoms with Gasteiger partial charge in [0.1, 0.15) is 11.9 Å². The van der Waals surface area contributed by atoms with Crippen molar-refractivity contribution >= 4 is 5.91 Å². The number of amides is 1. The van der Waals surface area contributed by atoms with Gasteiger partial charge in [0.05, 0.1) is 12.2 Å². The fraction of sp³-hybridized carbons (Fsp3) is 0.700. The van der Waals surface area contributed by atoms with E-state index in [-0.39, 0.29) is 6.10 Å².